The van der Waals surface area contributed by atoms with Crippen molar-refractivity contribution in [3.05, 3.63) is 58.7 Å². The quantitative estimate of drug-likeness (QED) is 0.354. The smallest absolute Gasteiger partial charge is 0.151 e. The van der Waals surface area contributed by atoms with E-state index >= 15 is 0 Å². The van der Waals surface area contributed by atoms with Crippen LogP contribution in [0.2, 0.25) is 0 Å². The average molecular weight is 411 g/mol. The number of halogens is 1. The largest absolute Gasteiger partial charge is 0.383 e. The number of hydrogen-bond donors (Lipinski definition) is 2. The van der Waals surface area contributed by atoms with Crippen molar-refractivity contribution < 1.29 is 0 Å². The molecule has 0 bridgehead atoms. The Kier molecular flexibility index (Phi) is 5.27. The van der Waals surface area contributed by atoms with Crippen molar-refractivity contribution in [3.8, 4) is 0 Å². The van der Waals surface area contributed by atoms with Crippen LogP contribution in [-0.4, -0.2) is 16.9 Å². The molecule has 6 nitrogen and oxygen atoms in total. The van der Waals surface area contributed by atoms with Gasteiger partial charge in [-0.25, -0.2) is 4.98 Å². The summed E-state index contributed by atoms with van der Waals surface area (Å²) in [5.41, 5.74) is 14.1. The van der Waals surface area contributed by atoms with Gasteiger partial charge in [-0.3, -0.25) is 4.99 Å². The van der Waals surface area contributed by atoms with Crippen LogP contribution in [0, 0.1) is 0 Å². The Hall–Kier alpha value is -2.80. The number of rotatable bonds is 4. The van der Waals surface area contributed by atoms with Crippen LogP contribution >= 0.6 is 15.9 Å². The van der Waals surface area contributed by atoms with E-state index in [1.807, 2.05) is 56.3 Å². The molecule has 0 atom stereocenters. The summed E-state index contributed by atoms with van der Waals surface area (Å²) in [5, 5.41) is 10.4. The molecule has 1 aromatic heterocycles. The highest BCUT2D eigenvalue weighted by atomic mass is 79.9. The van der Waals surface area contributed by atoms with Crippen molar-refractivity contribution >= 4 is 49.7 Å². The molecule has 0 aliphatic carbocycles. The lowest BCUT2D eigenvalue weighted by atomic mass is 10.1. The van der Waals surface area contributed by atoms with E-state index in [-0.39, 0.29) is 6.04 Å². The molecule has 1 heterocycles. The predicted octanol–water partition coefficient (Wildman–Crippen LogP) is 5.11. The highest BCUT2D eigenvalue weighted by Gasteiger charge is 2.07. The van der Waals surface area contributed by atoms with Crippen LogP contribution in [0.3, 0.4) is 0 Å². The van der Waals surface area contributed by atoms with E-state index in [2.05, 4.69) is 36.1 Å². The molecule has 3 rings (SSSR count). The summed E-state index contributed by atoms with van der Waals surface area (Å²) < 4.78 is 0.941. The fourth-order valence-corrected chi connectivity index (χ4v) is 2.81. The second-order valence-electron chi connectivity index (χ2n) is 6.08. The van der Waals surface area contributed by atoms with Gasteiger partial charge in [0.05, 0.1) is 5.69 Å². The summed E-state index contributed by atoms with van der Waals surface area (Å²) in [5.74, 6) is 0.847. The molecule has 0 saturated carbocycles. The number of hydrogen-bond acceptors (Lipinski definition) is 5. The van der Waals surface area contributed by atoms with Crippen molar-refractivity contribution in [3.63, 3.8) is 0 Å². The Bertz CT molecular complexity index is 988. The predicted molar refractivity (Wildman–Crippen MR) is 110 cm³/mol. The minimum Gasteiger partial charge on any atom is -0.383 e. The Labute approximate surface area is 160 Å². The number of nitrogens with zero attached hydrogens (tertiary/aromatic N) is 4. The van der Waals surface area contributed by atoms with Crippen LogP contribution in [0.25, 0.3) is 10.8 Å². The molecule has 132 valence electrons. The Balaban J connectivity index is 1.92. The topological polar surface area (TPSA) is 102 Å². The number of fused-ring (bicyclic) bond motifs is 1. The van der Waals surface area contributed by atoms with E-state index in [1.165, 1.54) is 0 Å². The van der Waals surface area contributed by atoms with Gasteiger partial charge < -0.3 is 11.5 Å². The zero-order valence-corrected chi connectivity index (χ0v) is 16.1. The summed E-state index contributed by atoms with van der Waals surface area (Å²) in [6.07, 6.45) is 1.72. The third-order valence-corrected chi connectivity index (χ3v) is 4.17. The van der Waals surface area contributed by atoms with E-state index in [0.717, 1.165) is 20.8 Å². The molecule has 3 aromatic rings. The highest BCUT2D eigenvalue weighted by molar-refractivity contribution is 9.10. The number of aliphatic imine (C=N–C) groups is 1. The number of nitrogen functional groups attached to an aromatic ring is 1. The third kappa shape index (κ3) is 4.05. The molecule has 0 radical (unpaired) electrons. The van der Waals surface area contributed by atoms with Gasteiger partial charge in [-0.05, 0) is 50.2 Å². The van der Waals surface area contributed by atoms with Gasteiger partial charge in [0, 0.05) is 33.0 Å². The van der Waals surface area contributed by atoms with Gasteiger partial charge in [0.15, 0.2) is 5.82 Å². The number of pyridine rings is 1. The Morgan fingerprint density at radius 2 is 1.81 bits per heavy atom. The molecule has 0 spiro atoms. The van der Waals surface area contributed by atoms with Gasteiger partial charge in [0.1, 0.15) is 11.5 Å². The van der Waals surface area contributed by atoms with Gasteiger partial charge in [-0.1, -0.05) is 22.0 Å². The number of aromatic nitrogens is 1. The maximum Gasteiger partial charge on any atom is 0.151 e. The lowest BCUT2D eigenvalue weighted by Crippen LogP contribution is -2.15. The average Bonchev–Trinajstić information content (AvgIpc) is 2.60. The van der Waals surface area contributed by atoms with Crippen molar-refractivity contribution in [2.75, 3.05) is 5.73 Å². The molecule has 4 N–H and O–H groups in total. The van der Waals surface area contributed by atoms with Crippen molar-refractivity contribution in [1.82, 2.24) is 4.98 Å². The normalized spacial score (nSPS) is 12.4. The number of azo groups is 1. The first-order valence-electron chi connectivity index (χ1n) is 8.13. The molecule has 0 aliphatic rings. The zero-order chi connectivity index (χ0) is 18.7. The monoisotopic (exact) mass is 410 g/mol. The van der Waals surface area contributed by atoms with E-state index in [4.69, 9.17) is 11.5 Å². The molecule has 2 aromatic carbocycles. The van der Waals surface area contributed by atoms with E-state index in [0.29, 0.717) is 23.0 Å². The zero-order valence-electron chi connectivity index (χ0n) is 14.5. The minimum absolute atomic E-state index is 0.149. The lowest BCUT2D eigenvalue weighted by molar-refractivity contribution is 0.834. The van der Waals surface area contributed by atoms with Crippen LogP contribution in [0.15, 0.2) is 68.4 Å². The summed E-state index contributed by atoms with van der Waals surface area (Å²) in [6.45, 7) is 3.97. The molecule has 26 heavy (non-hydrogen) atoms. The molecule has 0 saturated heterocycles. The second-order valence-corrected chi connectivity index (χ2v) is 6.99. The number of benzene rings is 2. The Morgan fingerprint density at radius 1 is 1.08 bits per heavy atom. The first-order chi connectivity index (χ1) is 12.4. The van der Waals surface area contributed by atoms with Gasteiger partial charge in [-0.15, -0.1) is 5.11 Å². The fourth-order valence-electron chi connectivity index (χ4n) is 2.45. The summed E-state index contributed by atoms with van der Waals surface area (Å²) in [7, 11) is 0. The standard InChI is InChI=1S/C19H19BrN6/c1-11(2)24-18(21)12-4-7-15(8-5-12)25-26-17-16-9-14(20)6-3-13(16)10-23-19(17)22/h3-11H,1-2H3,(H2,21,24)(H2,22,23). The molecular weight excluding hydrogens is 392 g/mol. The van der Waals surface area contributed by atoms with Crippen molar-refractivity contribution in [2.24, 2.45) is 21.0 Å². The number of amidine groups is 1. The van der Waals surface area contributed by atoms with E-state index in [9.17, 15) is 0 Å². The SMILES string of the molecule is CC(C)N=C(N)c1ccc(N=Nc2c(N)ncc3ccc(Br)cc23)cc1. The van der Waals surface area contributed by atoms with Crippen LogP contribution in [-0.2, 0) is 0 Å². The van der Waals surface area contributed by atoms with Gasteiger partial charge >= 0.3 is 0 Å². The summed E-state index contributed by atoms with van der Waals surface area (Å²) in [6, 6.07) is 13.4. The van der Waals surface area contributed by atoms with E-state index in [1.54, 1.807) is 6.20 Å². The highest BCUT2D eigenvalue weighted by Crippen LogP contribution is 2.33. The molecule has 0 fully saturated rings. The third-order valence-electron chi connectivity index (χ3n) is 3.68. The van der Waals surface area contributed by atoms with Crippen LogP contribution in [0.4, 0.5) is 17.2 Å². The van der Waals surface area contributed by atoms with Crippen molar-refractivity contribution in [2.45, 2.75) is 19.9 Å². The lowest BCUT2D eigenvalue weighted by Gasteiger charge is -2.05. The fraction of sp³-hybridized carbons (Fsp3) is 0.158. The van der Waals surface area contributed by atoms with Crippen LogP contribution in [0.1, 0.15) is 19.4 Å². The first kappa shape index (κ1) is 18.0. The van der Waals surface area contributed by atoms with Crippen LogP contribution < -0.4 is 11.5 Å². The second kappa shape index (κ2) is 7.61. The summed E-state index contributed by atoms with van der Waals surface area (Å²) in [4.78, 5) is 8.53. The Morgan fingerprint density at radius 3 is 2.50 bits per heavy atom. The first-order valence-corrected chi connectivity index (χ1v) is 8.92. The van der Waals surface area contributed by atoms with Gasteiger partial charge in [-0.2, -0.15) is 5.11 Å². The maximum atomic E-state index is 6.00. The molecular formula is C19H19BrN6. The molecule has 0 unspecified atom stereocenters. The van der Waals surface area contributed by atoms with Crippen LogP contribution in [0.5, 0.6) is 0 Å². The minimum atomic E-state index is 0.149. The van der Waals surface area contributed by atoms with E-state index < -0.39 is 0 Å². The number of anilines is 1. The number of nitrogens with two attached hydrogens (primary N) is 2. The van der Waals surface area contributed by atoms with Gasteiger partial charge in [0.2, 0.25) is 0 Å². The maximum absolute atomic E-state index is 6.00. The van der Waals surface area contributed by atoms with Gasteiger partial charge in [0.25, 0.3) is 0 Å². The molecule has 0 aliphatic heterocycles. The summed E-state index contributed by atoms with van der Waals surface area (Å²) >= 11 is 3.47. The molecule has 7 heteroatoms. The van der Waals surface area contributed by atoms with Crippen molar-refractivity contribution in [1.29, 1.82) is 0 Å². The molecule has 0 amide bonds.